The van der Waals surface area contributed by atoms with Crippen molar-refractivity contribution in [3.8, 4) is 0 Å². The number of rotatable bonds is 9. The first-order chi connectivity index (χ1) is 19.3. The molecular weight excluding hydrogens is 524 g/mol. The van der Waals surface area contributed by atoms with Crippen molar-refractivity contribution in [1.82, 2.24) is 0 Å². The molecule has 0 spiro atoms. The van der Waals surface area contributed by atoms with Gasteiger partial charge in [-0.25, -0.2) is 4.79 Å². The largest absolute Gasteiger partial charge is 0.458 e. The number of aliphatic hydroxyl groups excluding tert-OH is 4. The molecule has 2 rings (SSSR count). The van der Waals surface area contributed by atoms with Gasteiger partial charge in [-0.3, -0.25) is 0 Å². The molecule has 4 N–H and O–H groups in total. The summed E-state index contributed by atoms with van der Waals surface area (Å²) in [5.74, 6) is -1.14. The normalized spacial score (nSPS) is 36.7. The number of carbonyl (C=O) groups is 1. The van der Waals surface area contributed by atoms with Crippen LogP contribution in [-0.4, -0.2) is 82.3 Å². The molecular formula is C33H54O8. The Hall–Kier alpha value is -1.81. The lowest BCUT2D eigenvalue weighted by Crippen LogP contribution is -2.39. The molecule has 234 valence electrons. The Morgan fingerprint density at radius 2 is 1.61 bits per heavy atom. The molecule has 0 aromatic carbocycles. The van der Waals surface area contributed by atoms with E-state index in [9.17, 15) is 25.2 Å². The minimum Gasteiger partial charge on any atom is -0.458 e. The van der Waals surface area contributed by atoms with Crippen molar-refractivity contribution in [2.24, 2.45) is 23.7 Å². The maximum Gasteiger partial charge on any atom is 0.334 e. The summed E-state index contributed by atoms with van der Waals surface area (Å²) >= 11 is 0. The summed E-state index contributed by atoms with van der Waals surface area (Å²) in [6.07, 6.45) is 8.91. The van der Waals surface area contributed by atoms with Crippen LogP contribution in [0, 0.1) is 23.7 Å². The maximum atomic E-state index is 13.1. The fourth-order valence-corrected chi connectivity index (χ4v) is 5.41. The first kappa shape index (κ1) is 35.4. The van der Waals surface area contributed by atoms with E-state index in [-0.39, 0.29) is 29.8 Å². The summed E-state index contributed by atoms with van der Waals surface area (Å²) in [5, 5.41) is 42.7. The molecule has 0 bridgehead atoms. The minimum atomic E-state index is -0.760. The average molecular weight is 579 g/mol. The van der Waals surface area contributed by atoms with E-state index in [1.165, 1.54) is 0 Å². The monoisotopic (exact) mass is 578 g/mol. The van der Waals surface area contributed by atoms with Crippen molar-refractivity contribution in [1.29, 1.82) is 0 Å². The van der Waals surface area contributed by atoms with Crippen molar-refractivity contribution in [2.45, 2.75) is 123 Å². The average Bonchev–Trinajstić information content (AvgIpc) is 3.74. The molecule has 41 heavy (non-hydrogen) atoms. The number of epoxide rings is 1. The summed E-state index contributed by atoms with van der Waals surface area (Å²) in [6, 6.07) is 0. The third kappa shape index (κ3) is 10.8. The van der Waals surface area contributed by atoms with Crippen LogP contribution in [0.1, 0.15) is 74.1 Å². The van der Waals surface area contributed by atoms with Crippen LogP contribution in [0.25, 0.3) is 0 Å². The summed E-state index contributed by atoms with van der Waals surface area (Å²) in [5.41, 5.74) is 1.28. The van der Waals surface area contributed by atoms with E-state index >= 15 is 0 Å². The van der Waals surface area contributed by atoms with E-state index in [4.69, 9.17) is 14.2 Å². The highest BCUT2D eigenvalue weighted by atomic mass is 16.6. The Morgan fingerprint density at radius 1 is 0.976 bits per heavy atom. The molecule has 1 saturated heterocycles. The first-order valence-electron chi connectivity index (χ1n) is 15.1. The fraction of sp³-hybridized carbons (Fsp3) is 0.727. The fourth-order valence-electron chi connectivity index (χ4n) is 5.41. The van der Waals surface area contributed by atoms with Gasteiger partial charge in [-0.2, -0.15) is 0 Å². The van der Waals surface area contributed by atoms with Gasteiger partial charge in [0.05, 0.1) is 30.5 Å². The molecule has 0 amide bonds. The Balaban J connectivity index is 2.14. The lowest BCUT2D eigenvalue weighted by molar-refractivity contribution is -0.146. The third-order valence-corrected chi connectivity index (χ3v) is 8.84. The summed E-state index contributed by atoms with van der Waals surface area (Å²) in [4.78, 5) is 13.1. The second-order valence-electron chi connectivity index (χ2n) is 12.3. The van der Waals surface area contributed by atoms with E-state index in [0.29, 0.717) is 31.3 Å². The predicted molar refractivity (Wildman–Crippen MR) is 160 cm³/mol. The Morgan fingerprint density at radius 3 is 2.24 bits per heavy atom. The summed E-state index contributed by atoms with van der Waals surface area (Å²) in [6.45, 7) is 13.1. The van der Waals surface area contributed by atoms with Crippen molar-refractivity contribution in [2.75, 3.05) is 7.11 Å². The predicted octanol–water partition coefficient (Wildman–Crippen LogP) is 4.27. The lowest BCUT2D eigenvalue weighted by Gasteiger charge is -2.32. The highest BCUT2D eigenvalue weighted by molar-refractivity contribution is 5.88. The Bertz CT molecular complexity index is 940. The second kappa shape index (κ2) is 16.7. The number of cyclic esters (lactones) is 1. The number of aliphatic hydroxyl groups is 4. The highest BCUT2D eigenvalue weighted by Gasteiger charge is 2.49. The summed E-state index contributed by atoms with van der Waals surface area (Å²) in [7, 11) is 1.61. The van der Waals surface area contributed by atoms with Gasteiger partial charge in [0.2, 0.25) is 0 Å². The standard InChI is InChI=1S/C33H54O8/c1-19-17-21(3)29(36)32-31(41-32)27(35)13-11-9-10-12-14-28(40-33(38)22(4)18-19)20(2)15-16-26(34)24(6)30(37)23(5)25(7)39-8/h9-12,17-18,20-21,23-32,34-37H,13-16H2,1-8H3/b11-9+,12-10-,19-17+,22-18+/t20-,21+,23+,24+,25-,26-,27+,28-,29-,30-,31-,32-/m0/s1. The number of hydrogen-bond acceptors (Lipinski definition) is 8. The molecule has 2 heterocycles. The Labute approximate surface area is 246 Å². The van der Waals surface area contributed by atoms with Crippen LogP contribution in [0.2, 0.25) is 0 Å². The molecule has 0 aliphatic carbocycles. The lowest BCUT2D eigenvalue weighted by atomic mass is 9.83. The number of fused-ring (bicyclic) bond motifs is 1. The van der Waals surface area contributed by atoms with Crippen LogP contribution in [0.15, 0.2) is 47.6 Å². The Kier molecular flexibility index (Phi) is 14.4. The molecule has 0 aromatic heterocycles. The van der Waals surface area contributed by atoms with Crippen LogP contribution >= 0.6 is 0 Å². The van der Waals surface area contributed by atoms with Gasteiger partial charge in [0, 0.05) is 36.9 Å². The van der Waals surface area contributed by atoms with Gasteiger partial charge in [0.1, 0.15) is 18.3 Å². The number of carbonyl (C=O) groups excluding carboxylic acids is 1. The van der Waals surface area contributed by atoms with Gasteiger partial charge in [-0.1, -0.05) is 63.6 Å². The van der Waals surface area contributed by atoms with E-state index in [2.05, 4.69) is 0 Å². The third-order valence-electron chi connectivity index (χ3n) is 8.84. The molecule has 0 saturated carbocycles. The van der Waals surface area contributed by atoms with Gasteiger partial charge >= 0.3 is 5.97 Å². The number of methoxy groups -OCH3 is 1. The minimum absolute atomic E-state index is 0.0436. The zero-order valence-electron chi connectivity index (χ0n) is 26.1. The van der Waals surface area contributed by atoms with Gasteiger partial charge < -0.3 is 34.6 Å². The first-order valence-corrected chi connectivity index (χ1v) is 15.1. The zero-order valence-corrected chi connectivity index (χ0v) is 26.1. The van der Waals surface area contributed by atoms with Crippen molar-refractivity contribution < 1.29 is 39.4 Å². The number of hydrogen-bond donors (Lipinski definition) is 4. The van der Waals surface area contributed by atoms with E-state index in [0.717, 1.165) is 5.57 Å². The van der Waals surface area contributed by atoms with Crippen LogP contribution < -0.4 is 0 Å². The number of allylic oxidation sites excluding steroid dienone is 4. The van der Waals surface area contributed by atoms with Crippen molar-refractivity contribution in [3.05, 3.63) is 47.6 Å². The number of esters is 1. The van der Waals surface area contributed by atoms with Crippen molar-refractivity contribution >= 4 is 5.97 Å². The molecule has 2 aliphatic heterocycles. The SMILES string of the molecule is CO[C@@H](C)[C@@H](C)[C@H](O)[C@H](C)[C@@H](O)CC[C@H](C)[C@@H]1C/C=C\C=C\C[C@@H](O)[C@@H]2O[C@H]2[C@@H](O)[C@H](C)/C=C(C)/C=C(\C)C(=O)O1. The smallest absolute Gasteiger partial charge is 0.334 e. The quantitative estimate of drug-likeness (QED) is 0.236. The van der Waals surface area contributed by atoms with Gasteiger partial charge in [0.25, 0.3) is 0 Å². The van der Waals surface area contributed by atoms with Crippen LogP contribution in [0.5, 0.6) is 0 Å². The van der Waals surface area contributed by atoms with E-state index in [1.54, 1.807) is 20.1 Å². The molecule has 0 radical (unpaired) electrons. The highest BCUT2D eigenvalue weighted by Crippen LogP contribution is 2.34. The van der Waals surface area contributed by atoms with Crippen LogP contribution in [0.3, 0.4) is 0 Å². The molecule has 1 fully saturated rings. The zero-order chi connectivity index (χ0) is 30.9. The van der Waals surface area contributed by atoms with Gasteiger partial charge in [-0.05, 0) is 52.0 Å². The summed E-state index contributed by atoms with van der Waals surface area (Å²) < 4.78 is 16.9. The van der Waals surface area contributed by atoms with Crippen LogP contribution in [-0.2, 0) is 19.0 Å². The molecule has 0 unspecified atom stereocenters. The van der Waals surface area contributed by atoms with Crippen LogP contribution in [0.4, 0.5) is 0 Å². The maximum absolute atomic E-state index is 13.1. The van der Waals surface area contributed by atoms with E-state index < -0.39 is 48.7 Å². The molecule has 0 aromatic rings. The van der Waals surface area contributed by atoms with Gasteiger partial charge in [0.15, 0.2) is 0 Å². The van der Waals surface area contributed by atoms with Gasteiger partial charge in [-0.15, -0.1) is 0 Å². The molecule has 2 aliphatic rings. The number of ether oxygens (including phenoxy) is 3. The molecule has 8 nitrogen and oxygen atoms in total. The van der Waals surface area contributed by atoms with E-state index in [1.807, 2.05) is 71.9 Å². The van der Waals surface area contributed by atoms with Crippen molar-refractivity contribution in [3.63, 3.8) is 0 Å². The second-order valence-corrected chi connectivity index (χ2v) is 12.3. The molecule has 12 atom stereocenters. The molecule has 8 heteroatoms. The topological polar surface area (TPSA) is 129 Å².